The molecule has 0 radical (unpaired) electrons. The summed E-state index contributed by atoms with van der Waals surface area (Å²) < 4.78 is 13.2. The zero-order valence-electron chi connectivity index (χ0n) is 23.5. The largest absolute Gasteiger partial charge is 0.480 e. The van der Waals surface area contributed by atoms with Gasteiger partial charge in [0, 0.05) is 18.6 Å². The average Bonchev–Trinajstić information content (AvgIpc) is 3.38. The fourth-order valence-electron chi connectivity index (χ4n) is 7.84. The van der Waals surface area contributed by atoms with E-state index in [1.54, 1.807) is 12.1 Å². The van der Waals surface area contributed by atoms with Crippen LogP contribution in [0.4, 0.5) is 4.39 Å². The Kier molecular flexibility index (Phi) is 10.1. The van der Waals surface area contributed by atoms with Crippen LogP contribution in [0.5, 0.6) is 0 Å². The monoisotopic (exact) mass is 534 g/mol. The van der Waals surface area contributed by atoms with Gasteiger partial charge in [-0.15, -0.1) is 0 Å². The van der Waals surface area contributed by atoms with Crippen molar-refractivity contribution >= 4 is 5.97 Å². The van der Waals surface area contributed by atoms with Crippen molar-refractivity contribution in [2.45, 2.75) is 95.1 Å². The normalized spacial score (nSPS) is 25.3. The van der Waals surface area contributed by atoms with Crippen molar-refractivity contribution in [3.05, 3.63) is 71.5 Å². The van der Waals surface area contributed by atoms with Crippen LogP contribution in [0.3, 0.4) is 0 Å². The lowest BCUT2D eigenvalue weighted by molar-refractivity contribution is -0.140. The minimum absolute atomic E-state index is 0.155. The number of aryl methyl sites for hydroxylation is 1. The molecule has 1 N–H and O–H groups in total. The fraction of sp³-hybridized carbons (Fsp3) is 0.618. The molecule has 4 nitrogen and oxygen atoms in total. The molecule has 2 aliphatic carbocycles. The van der Waals surface area contributed by atoms with Crippen LogP contribution in [0.15, 0.2) is 54.6 Å². The van der Waals surface area contributed by atoms with Gasteiger partial charge in [-0.2, -0.15) is 0 Å². The molecular formula is C34H47FN2O2. The SMILES string of the molecule is O=C(O)CN(C1CCCCC1)C1C[C@H](CN2CCC(CCCc3ccc(F)cc3)CC2)[C@@H](c2ccccc2)C1. The molecule has 1 saturated heterocycles. The van der Waals surface area contributed by atoms with Gasteiger partial charge >= 0.3 is 5.97 Å². The number of halogens is 1. The zero-order valence-corrected chi connectivity index (χ0v) is 23.5. The number of hydrogen-bond acceptors (Lipinski definition) is 3. The van der Waals surface area contributed by atoms with Gasteiger partial charge in [0.05, 0.1) is 6.54 Å². The molecule has 0 aromatic heterocycles. The van der Waals surface area contributed by atoms with E-state index in [1.165, 1.54) is 69.2 Å². The Morgan fingerprint density at radius 3 is 2.31 bits per heavy atom. The minimum atomic E-state index is -0.679. The Bertz CT molecular complexity index is 1020. The molecule has 0 amide bonds. The van der Waals surface area contributed by atoms with Crippen LogP contribution in [-0.2, 0) is 11.2 Å². The summed E-state index contributed by atoms with van der Waals surface area (Å²) in [6, 6.07) is 18.8. The van der Waals surface area contributed by atoms with Crippen molar-refractivity contribution in [1.82, 2.24) is 9.80 Å². The van der Waals surface area contributed by atoms with Gasteiger partial charge in [-0.3, -0.25) is 9.69 Å². The van der Waals surface area contributed by atoms with Crippen LogP contribution in [0.25, 0.3) is 0 Å². The Morgan fingerprint density at radius 2 is 1.62 bits per heavy atom. The Morgan fingerprint density at radius 1 is 0.897 bits per heavy atom. The number of likely N-dealkylation sites (tertiary alicyclic amines) is 1. The quantitative estimate of drug-likeness (QED) is 0.333. The van der Waals surface area contributed by atoms with Crippen LogP contribution < -0.4 is 0 Å². The molecule has 2 aromatic carbocycles. The highest BCUT2D eigenvalue weighted by molar-refractivity contribution is 5.69. The fourth-order valence-corrected chi connectivity index (χ4v) is 7.84. The summed E-state index contributed by atoms with van der Waals surface area (Å²) in [6.45, 7) is 3.66. The molecule has 5 heteroatoms. The van der Waals surface area contributed by atoms with Gasteiger partial charge in [-0.1, -0.05) is 68.1 Å². The van der Waals surface area contributed by atoms with Crippen molar-refractivity contribution in [3.8, 4) is 0 Å². The third kappa shape index (κ3) is 7.91. The Balaban J connectivity index is 1.17. The van der Waals surface area contributed by atoms with Crippen molar-refractivity contribution in [2.75, 3.05) is 26.2 Å². The molecule has 212 valence electrons. The molecule has 0 bridgehead atoms. The molecule has 0 spiro atoms. The van der Waals surface area contributed by atoms with Crippen LogP contribution in [-0.4, -0.2) is 59.1 Å². The van der Waals surface area contributed by atoms with Gasteiger partial charge in [0.1, 0.15) is 5.82 Å². The van der Waals surface area contributed by atoms with Crippen LogP contribution >= 0.6 is 0 Å². The van der Waals surface area contributed by atoms with Gasteiger partial charge in [0.15, 0.2) is 0 Å². The van der Waals surface area contributed by atoms with Gasteiger partial charge in [-0.05, 0) is 105 Å². The first-order valence-corrected chi connectivity index (χ1v) is 15.5. The first-order valence-electron chi connectivity index (χ1n) is 15.5. The lowest BCUT2D eigenvalue weighted by Crippen LogP contribution is -2.46. The second kappa shape index (κ2) is 13.9. The smallest absolute Gasteiger partial charge is 0.317 e. The van der Waals surface area contributed by atoms with Gasteiger partial charge in [0.25, 0.3) is 0 Å². The van der Waals surface area contributed by atoms with Crippen molar-refractivity contribution in [3.63, 3.8) is 0 Å². The number of hydrogen-bond donors (Lipinski definition) is 1. The van der Waals surface area contributed by atoms with E-state index in [0.717, 1.165) is 44.6 Å². The first kappa shape index (κ1) is 28.3. The lowest BCUT2D eigenvalue weighted by Gasteiger charge is -2.38. The number of nitrogens with zero attached hydrogens (tertiary/aromatic N) is 2. The Hall–Kier alpha value is -2.24. The van der Waals surface area contributed by atoms with Gasteiger partial charge < -0.3 is 10.0 Å². The summed E-state index contributed by atoms with van der Waals surface area (Å²) in [4.78, 5) is 17.0. The molecule has 3 atom stereocenters. The van der Waals surface area contributed by atoms with E-state index in [-0.39, 0.29) is 12.4 Å². The number of aliphatic carboxylic acids is 1. The predicted octanol–water partition coefficient (Wildman–Crippen LogP) is 7.14. The molecule has 3 aliphatic rings. The molecule has 39 heavy (non-hydrogen) atoms. The molecule has 1 heterocycles. The maximum Gasteiger partial charge on any atom is 0.317 e. The van der Waals surface area contributed by atoms with Gasteiger partial charge in [-0.25, -0.2) is 4.39 Å². The molecule has 1 unspecified atom stereocenters. The second-order valence-electron chi connectivity index (χ2n) is 12.5. The van der Waals surface area contributed by atoms with Crippen molar-refractivity contribution in [1.29, 1.82) is 0 Å². The maximum absolute atomic E-state index is 13.2. The summed E-state index contributed by atoms with van der Waals surface area (Å²) in [5, 5.41) is 9.78. The Labute approximate surface area is 234 Å². The highest BCUT2D eigenvalue weighted by Gasteiger charge is 2.41. The zero-order chi connectivity index (χ0) is 27.0. The number of carbonyl (C=O) groups is 1. The average molecular weight is 535 g/mol. The third-order valence-corrected chi connectivity index (χ3v) is 9.92. The predicted molar refractivity (Wildman–Crippen MR) is 155 cm³/mol. The lowest BCUT2D eigenvalue weighted by atomic mass is 9.87. The summed E-state index contributed by atoms with van der Waals surface area (Å²) in [7, 11) is 0. The van der Waals surface area contributed by atoms with Crippen LogP contribution in [0.1, 0.15) is 87.7 Å². The number of rotatable bonds is 11. The van der Waals surface area contributed by atoms with E-state index < -0.39 is 5.97 Å². The van der Waals surface area contributed by atoms with Crippen molar-refractivity contribution < 1.29 is 14.3 Å². The topological polar surface area (TPSA) is 43.8 Å². The summed E-state index contributed by atoms with van der Waals surface area (Å²) in [6.07, 6.45) is 14.3. The minimum Gasteiger partial charge on any atom is -0.480 e. The summed E-state index contributed by atoms with van der Waals surface area (Å²) in [5.74, 6) is 1.04. The number of piperidine rings is 1. The highest BCUT2D eigenvalue weighted by atomic mass is 19.1. The molecule has 2 saturated carbocycles. The number of benzene rings is 2. The molecule has 2 aromatic rings. The van der Waals surface area contributed by atoms with E-state index in [2.05, 4.69) is 40.1 Å². The highest BCUT2D eigenvalue weighted by Crippen LogP contribution is 2.44. The molecule has 5 rings (SSSR count). The second-order valence-corrected chi connectivity index (χ2v) is 12.5. The standard InChI is InChI=1S/C34H47FN2O2/c35-30-16-14-26(15-17-30)8-7-9-27-18-20-36(21-19-27)24-29-22-32(23-33(29)28-10-3-1-4-11-28)37(25-34(38)39)31-12-5-2-6-13-31/h1,3-4,10-11,14-17,27,29,31-33H,2,5-9,12-13,18-25H2,(H,38,39)/t29-,32?,33-/m1/s1. The van der Waals surface area contributed by atoms with E-state index in [9.17, 15) is 14.3 Å². The number of carboxylic acids is 1. The maximum atomic E-state index is 13.2. The summed E-state index contributed by atoms with van der Waals surface area (Å²) >= 11 is 0. The van der Waals surface area contributed by atoms with E-state index in [0.29, 0.717) is 23.9 Å². The summed E-state index contributed by atoms with van der Waals surface area (Å²) in [5.41, 5.74) is 2.67. The van der Waals surface area contributed by atoms with Crippen molar-refractivity contribution in [2.24, 2.45) is 11.8 Å². The van der Waals surface area contributed by atoms with Crippen LogP contribution in [0, 0.1) is 17.7 Å². The van der Waals surface area contributed by atoms with Gasteiger partial charge in [0.2, 0.25) is 0 Å². The first-order chi connectivity index (χ1) is 19.0. The number of carboxylic acid groups (broad SMARTS) is 1. The van der Waals surface area contributed by atoms with Crippen LogP contribution in [0.2, 0.25) is 0 Å². The van der Waals surface area contributed by atoms with E-state index in [4.69, 9.17) is 0 Å². The van der Waals surface area contributed by atoms with E-state index in [1.807, 2.05) is 12.1 Å². The molecule has 1 aliphatic heterocycles. The van der Waals surface area contributed by atoms with E-state index >= 15 is 0 Å². The third-order valence-electron chi connectivity index (χ3n) is 9.92. The molecule has 3 fully saturated rings. The molecular weight excluding hydrogens is 487 g/mol.